The predicted octanol–water partition coefficient (Wildman–Crippen LogP) is 0.337. The van der Waals surface area contributed by atoms with Crippen LogP contribution in [0.5, 0.6) is 0 Å². The minimum atomic E-state index is -3.72. The zero-order valence-corrected chi connectivity index (χ0v) is 12.7. The summed E-state index contributed by atoms with van der Waals surface area (Å²) in [6.07, 6.45) is 0. The average Bonchev–Trinajstić information content (AvgIpc) is 2.37. The molecule has 112 valence electrons. The first kappa shape index (κ1) is 16.6. The summed E-state index contributed by atoms with van der Waals surface area (Å²) in [6.45, 7) is 5.47. The number of sulfonamides is 1. The van der Waals surface area contributed by atoms with Crippen LogP contribution in [-0.4, -0.2) is 26.4 Å². The third-order valence-electron chi connectivity index (χ3n) is 2.63. The molecule has 20 heavy (non-hydrogen) atoms. The van der Waals surface area contributed by atoms with Crippen molar-refractivity contribution in [1.29, 1.82) is 0 Å². The van der Waals surface area contributed by atoms with E-state index in [9.17, 15) is 13.2 Å². The zero-order valence-electron chi connectivity index (χ0n) is 11.9. The van der Waals surface area contributed by atoms with Crippen LogP contribution in [0.3, 0.4) is 0 Å². The highest BCUT2D eigenvalue weighted by Gasteiger charge is 2.22. The maximum absolute atomic E-state index is 12.1. The Morgan fingerprint density at radius 2 is 1.75 bits per heavy atom. The quantitative estimate of drug-likeness (QED) is 0.705. The van der Waals surface area contributed by atoms with Gasteiger partial charge in [0.05, 0.1) is 10.9 Å². The number of carbonyl (C=O) groups is 1. The van der Waals surface area contributed by atoms with Crippen molar-refractivity contribution in [3.8, 4) is 0 Å². The first-order valence-corrected chi connectivity index (χ1v) is 7.86. The van der Waals surface area contributed by atoms with Crippen molar-refractivity contribution in [2.45, 2.75) is 44.3 Å². The average molecular weight is 299 g/mol. The van der Waals surface area contributed by atoms with Crippen LogP contribution in [0.2, 0.25) is 0 Å². The van der Waals surface area contributed by atoms with Gasteiger partial charge in [0, 0.05) is 12.6 Å². The number of nitrogens with two attached hydrogens (primary N) is 1. The van der Waals surface area contributed by atoms with Crippen molar-refractivity contribution in [3.05, 3.63) is 29.8 Å². The number of benzene rings is 1. The van der Waals surface area contributed by atoms with Gasteiger partial charge in [-0.15, -0.1) is 0 Å². The van der Waals surface area contributed by atoms with E-state index in [1.807, 2.05) is 13.8 Å². The molecule has 6 nitrogen and oxygen atoms in total. The molecule has 0 aromatic heterocycles. The van der Waals surface area contributed by atoms with Gasteiger partial charge in [-0.3, -0.25) is 4.79 Å². The Balaban J connectivity index is 2.80. The van der Waals surface area contributed by atoms with Crippen molar-refractivity contribution in [3.63, 3.8) is 0 Å². The molecule has 0 saturated heterocycles. The fraction of sp³-hybridized carbons (Fsp3) is 0.462. The Labute approximate surface area is 119 Å². The van der Waals surface area contributed by atoms with Crippen LogP contribution in [0.1, 0.15) is 26.3 Å². The Morgan fingerprint density at radius 3 is 2.20 bits per heavy atom. The summed E-state index contributed by atoms with van der Waals surface area (Å²) in [7, 11) is -3.72. The molecule has 1 atom stereocenters. The van der Waals surface area contributed by atoms with Gasteiger partial charge in [0.1, 0.15) is 0 Å². The van der Waals surface area contributed by atoms with Crippen LogP contribution in [-0.2, 0) is 21.4 Å². The summed E-state index contributed by atoms with van der Waals surface area (Å²) in [6, 6.07) is 5.35. The monoisotopic (exact) mass is 299 g/mol. The largest absolute Gasteiger partial charge is 0.353 e. The molecule has 0 aliphatic rings. The van der Waals surface area contributed by atoms with Gasteiger partial charge in [0.25, 0.3) is 0 Å². The van der Waals surface area contributed by atoms with Crippen molar-refractivity contribution in [2.75, 3.05) is 0 Å². The number of hydrogen-bond acceptors (Lipinski definition) is 4. The molecule has 0 spiro atoms. The highest BCUT2D eigenvalue weighted by molar-refractivity contribution is 7.89. The van der Waals surface area contributed by atoms with E-state index in [-0.39, 0.29) is 16.8 Å². The van der Waals surface area contributed by atoms with Gasteiger partial charge in [-0.25, -0.2) is 8.42 Å². The van der Waals surface area contributed by atoms with E-state index in [0.717, 1.165) is 5.56 Å². The predicted molar refractivity (Wildman–Crippen MR) is 77.4 cm³/mol. The van der Waals surface area contributed by atoms with E-state index in [4.69, 9.17) is 5.73 Å². The second kappa shape index (κ2) is 6.83. The fourth-order valence-corrected chi connectivity index (χ4v) is 2.77. The Kier molecular flexibility index (Phi) is 5.67. The number of rotatable bonds is 6. The molecule has 1 aromatic carbocycles. The van der Waals surface area contributed by atoms with Crippen molar-refractivity contribution < 1.29 is 13.2 Å². The lowest BCUT2D eigenvalue weighted by Gasteiger charge is -2.16. The molecule has 4 N–H and O–H groups in total. The second-order valence-corrected chi connectivity index (χ2v) is 6.57. The molecule has 1 aromatic rings. The van der Waals surface area contributed by atoms with Gasteiger partial charge in [-0.1, -0.05) is 12.1 Å². The second-order valence-electron chi connectivity index (χ2n) is 4.85. The third kappa shape index (κ3) is 4.59. The number of hydrogen-bond donors (Lipinski definition) is 3. The third-order valence-corrected chi connectivity index (χ3v) is 4.18. The summed E-state index contributed by atoms with van der Waals surface area (Å²) in [4.78, 5) is 11.8. The molecule has 0 heterocycles. The zero-order chi connectivity index (χ0) is 15.3. The molecule has 1 amide bonds. The van der Waals surface area contributed by atoms with E-state index in [2.05, 4.69) is 10.0 Å². The minimum absolute atomic E-state index is 0.0432. The maximum Gasteiger partial charge on any atom is 0.241 e. The van der Waals surface area contributed by atoms with Crippen LogP contribution < -0.4 is 15.8 Å². The highest BCUT2D eigenvalue weighted by atomic mass is 32.2. The van der Waals surface area contributed by atoms with E-state index in [1.165, 1.54) is 19.1 Å². The molecule has 0 radical (unpaired) electrons. The van der Waals surface area contributed by atoms with E-state index in [0.29, 0.717) is 6.54 Å². The van der Waals surface area contributed by atoms with Gasteiger partial charge >= 0.3 is 0 Å². The number of carbonyl (C=O) groups excluding carboxylic acids is 1. The molecule has 0 aliphatic heterocycles. The number of amides is 1. The van der Waals surface area contributed by atoms with E-state index >= 15 is 0 Å². The van der Waals surface area contributed by atoms with Crippen LogP contribution in [0.4, 0.5) is 0 Å². The van der Waals surface area contributed by atoms with Crippen LogP contribution in [0.25, 0.3) is 0 Å². The first-order chi connectivity index (χ1) is 9.26. The van der Waals surface area contributed by atoms with Gasteiger partial charge in [0.15, 0.2) is 0 Å². The topological polar surface area (TPSA) is 101 Å². The SMILES string of the molecule is CC(C)NC(=O)C(C)NS(=O)(=O)c1ccc(CN)cc1. The number of nitrogens with one attached hydrogen (secondary N) is 2. The Bertz CT molecular complexity index is 553. The van der Waals surface area contributed by atoms with Gasteiger partial charge in [-0.05, 0) is 38.5 Å². The fourth-order valence-electron chi connectivity index (χ4n) is 1.57. The lowest BCUT2D eigenvalue weighted by atomic mass is 10.2. The van der Waals surface area contributed by atoms with Crippen molar-refractivity contribution in [1.82, 2.24) is 10.0 Å². The molecular weight excluding hydrogens is 278 g/mol. The van der Waals surface area contributed by atoms with E-state index in [1.54, 1.807) is 12.1 Å². The van der Waals surface area contributed by atoms with Gasteiger partial charge < -0.3 is 11.1 Å². The molecule has 1 unspecified atom stereocenters. The molecular formula is C13H21N3O3S. The molecule has 0 aliphatic carbocycles. The molecule has 0 fully saturated rings. The smallest absolute Gasteiger partial charge is 0.241 e. The van der Waals surface area contributed by atoms with Crippen LogP contribution in [0, 0.1) is 0 Å². The van der Waals surface area contributed by atoms with Gasteiger partial charge in [-0.2, -0.15) is 4.72 Å². The van der Waals surface area contributed by atoms with E-state index < -0.39 is 16.1 Å². The first-order valence-electron chi connectivity index (χ1n) is 6.38. The Hall–Kier alpha value is -1.44. The van der Waals surface area contributed by atoms with Crippen molar-refractivity contribution in [2.24, 2.45) is 5.73 Å². The summed E-state index contributed by atoms with van der Waals surface area (Å²) >= 11 is 0. The van der Waals surface area contributed by atoms with Crippen LogP contribution >= 0.6 is 0 Å². The lowest BCUT2D eigenvalue weighted by Crippen LogP contribution is -2.46. The summed E-state index contributed by atoms with van der Waals surface area (Å²) in [5, 5.41) is 2.65. The summed E-state index contributed by atoms with van der Waals surface area (Å²) in [5.41, 5.74) is 6.30. The summed E-state index contributed by atoms with van der Waals surface area (Å²) < 4.78 is 26.6. The van der Waals surface area contributed by atoms with Crippen LogP contribution in [0.15, 0.2) is 29.2 Å². The molecule has 7 heteroatoms. The minimum Gasteiger partial charge on any atom is -0.353 e. The maximum atomic E-state index is 12.1. The molecule has 0 saturated carbocycles. The highest BCUT2D eigenvalue weighted by Crippen LogP contribution is 2.10. The van der Waals surface area contributed by atoms with Crippen molar-refractivity contribution >= 4 is 15.9 Å². The summed E-state index contributed by atoms with van der Waals surface area (Å²) in [5.74, 6) is -0.359. The Morgan fingerprint density at radius 1 is 1.20 bits per heavy atom. The van der Waals surface area contributed by atoms with Gasteiger partial charge in [0.2, 0.25) is 15.9 Å². The normalized spacial score (nSPS) is 13.2. The molecule has 0 bridgehead atoms. The molecule has 1 rings (SSSR count). The standard InChI is InChI=1S/C13H21N3O3S/c1-9(2)15-13(17)10(3)16-20(18,19)12-6-4-11(8-14)5-7-12/h4-7,9-10,16H,8,14H2,1-3H3,(H,15,17). The lowest BCUT2D eigenvalue weighted by molar-refractivity contribution is -0.122.